The molecule has 0 radical (unpaired) electrons. The molecule has 3 aromatic rings. The van der Waals surface area contributed by atoms with Gasteiger partial charge in [0, 0.05) is 0 Å². The van der Waals surface area contributed by atoms with Gasteiger partial charge in [0.1, 0.15) is 5.82 Å². The summed E-state index contributed by atoms with van der Waals surface area (Å²) in [5, 5.41) is 2.51. The zero-order chi connectivity index (χ0) is 14.4. The van der Waals surface area contributed by atoms with Gasteiger partial charge < -0.3 is 0 Å². The smallest absolute Gasteiger partial charge is 0.153 e. The number of aryl methyl sites for hydroxylation is 2. The molecule has 0 fully saturated rings. The van der Waals surface area contributed by atoms with Gasteiger partial charge in [-0.15, -0.1) is 0 Å². The van der Waals surface area contributed by atoms with Crippen LogP contribution in [-0.4, -0.2) is 6.29 Å². The van der Waals surface area contributed by atoms with Gasteiger partial charge in [-0.3, -0.25) is 4.79 Å². The molecule has 3 aromatic carbocycles. The van der Waals surface area contributed by atoms with E-state index in [-0.39, 0.29) is 5.56 Å². The zero-order valence-corrected chi connectivity index (χ0v) is 11.4. The van der Waals surface area contributed by atoms with Crippen LogP contribution in [0.2, 0.25) is 0 Å². The summed E-state index contributed by atoms with van der Waals surface area (Å²) in [6.45, 7) is 0. The topological polar surface area (TPSA) is 17.1 Å². The van der Waals surface area contributed by atoms with E-state index in [9.17, 15) is 9.18 Å². The summed E-state index contributed by atoms with van der Waals surface area (Å²) in [5.41, 5.74) is 4.80. The first-order valence-corrected chi connectivity index (χ1v) is 7.06. The highest BCUT2D eigenvalue weighted by atomic mass is 19.1. The maximum atomic E-state index is 13.5. The Morgan fingerprint density at radius 1 is 0.952 bits per heavy atom. The van der Waals surface area contributed by atoms with E-state index in [4.69, 9.17) is 0 Å². The van der Waals surface area contributed by atoms with E-state index >= 15 is 0 Å². The summed E-state index contributed by atoms with van der Waals surface area (Å²) in [6, 6.07) is 15.3. The lowest BCUT2D eigenvalue weighted by atomic mass is 9.94. The zero-order valence-electron chi connectivity index (χ0n) is 11.4. The molecule has 0 atom stereocenters. The first kappa shape index (κ1) is 12.3. The highest BCUT2D eigenvalue weighted by Gasteiger charge is 2.16. The van der Waals surface area contributed by atoms with Crippen LogP contribution in [0.25, 0.3) is 21.9 Å². The number of halogens is 1. The molecule has 1 aliphatic carbocycles. The Kier molecular flexibility index (Phi) is 2.64. The average molecular weight is 276 g/mol. The molecule has 0 saturated heterocycles. The minimum Gasteiger partial charge on any atom is -0.298 e. The van der Waals surface area contributed by atoms with Crippen molar-refractivity contribution >= 4 is 17.1 Å². The number of carbonyl (C=O) groups excluding carboxylic acids is 1. The van der Waals surface area contributed by atoms with Crippen molar-refractivity contribution in [2.75, 3.05) is 0 Å². The largest absolute Gasteiger partial charge is 0.298 e. The van der Waals surface area contributed by atoms with Crippen molar-refractivity contribution in [3.63, 3.8) is 0 Å². The Balaban J connectivity index is 2.02. The molecule has 1 aliphatic rings. The second-order valence-electron chi connectivity index (χ2n) is 5.47. The second-order valence-corrected chi connectivity index (χ2v) is 5.47. The van der Waals surface area contributed by atoms with Gasteiger partial charge in [0.15, 0.2) is 6.29 Å². The third-order valence-electron chi connectivity index (χ3n) is 4.31. The fourth-order valence-electron chi connectivity index (χ4n) is 3.30. The van der Waals surface area contributed by atoms with E-state index in [1.165, 1.54) is 28.0 Å². The summed E-state index contributed by atoms with van der Waals surface area (Å²) in [5.74, 6) is -0.473. The number of rotatable bonds is 2. The van der Waals surface area contributed by atoms with Gasteiger partial charge in [0.05, 0.1) is 5.56 Å². The molecule has 4 rings (SSSR count). The van der Waals surface area contributed by atoms with Gasteiger partial charge in [-0.05, 0) is 58.0 Å². The minimum absolute atomic E-state index is 0.107. The van der Waals surface area contributed by atoms with Gasteiger partial charge in [-0.1, -0.05) is 36.4 Å². The number of carbonyl (C=O) groups is 1. The van der Waals surface area contributed by atoms with Gasteiger partial charge in [-0.2, -0.15) is 0 Å². The van der Waals surface area contributed by atoms with Gasteiger partial charge in [0.25, 0.3) is 0 Å². The van der Waals surface area contributed by atoms with E-state index in [2.05, 4.69) is 30.3 Å². The summed E-state index contributed by atoms with van der Waals surface area (Å²) in [4.78, 5) is 11.0. The predicted molar refractivity (Wildman–Crippen MR) is 82.1 cm³/mol. The maximum Gasteiger partial charge on any atom is 0.153 e. The molecule has 0 heterocycles. The summed E-state index contributed by atoms with van der Waals surface area (Å²) in [7, 11) is 0. The van der Waals surface area contributed by atoms with Gasteiger partial charge in [-0.25, -0.2) is 4.39 Å². The Morgan fingerprint density at radius 3 is 2.57 bits per heavy atom. The maximum absolute atomic E-state index is 13.5. The summed E-state index contributed by atoms with van der Waals surface area (Å²) < 4.78 is 13.5. The molecule has 102 valence electrons. The van der Waals surface area contributed by atoms with E-state index in [1.54, 1.807) is 12.1 Å². The van der Waals surface area contributed by atoms with Crippen molar-refractivity contribution in [1.29, 1.82) is 0 Å². The molecular weight excluding hydrogens is 263 g/mol. The molecule has 0 spiro atoms. The normalized spacial score (nSPS) is 12.8. The van der Waals surface area contributed by atoms with Crippen molar-refractivity contribution in [2.45, 2.75) is 12.8 Å². The third-order valence-corrected chi connectivity index (χ3v) is 4.31. The van der Waals surface area contributed by atoms with Crippen molar-refractivity contribution in [3.05, 3.63) is 71.0 Å². The van der Waals surface area contributed by atoms with Gasteiger partial charge >= 0.3 is 0 Å². The van der Waals surface area contributed by atoms with E-state index in [0.717, 1.165) is 24.0 Å². The highest BCUT2D eigenvalue weighted by molar-refractivity contribution is 6.01. The van der Waals surface area contributed by atoms with E-state index in [0.29, 0.717) is 6.29 Å². The molecule has 0 bridgehead atoms. The third kappa shape index (κ3) is 1.79. The van der Waals surface area contributed by atoms with Crippen LogP contribution in [0.15, 0.2) is 48.5 Å². The lowest BCUT2D eigenvalue weighted by molar-refractivity contribution is 0.112. The fraction of sp³-hybridized carbons (Fsp3) is 0.105. The molecule has 0 unspecified atom stereocenters. The predicted octanol–water partition coefficient (Wildman–Crippen LogP) is 4.56. The quantitative estimate of drug-likeness (QED) is 0.627. The first-order chi connectivity index (χ1) is 10.3. The molecule has 0 amide bonds. The monoisotopic (exact) mass is 276 g/mol. The fourth-order valence-corrected chi connectivity index (χ4v) is 3.30. The van der Waals surface area contributed by atoms with Crippen LogP contribution in [0.3, 0.4) is 0 Å². The second kappa shape index (κ2) is 4.52. The molecule has 0 saturated carbocycles. The molecule has 0 N–H and O–H groups in total. The average Bonchev–Trinajstić information content (AvgIpc) is 2.94. The highest BCUT2D eigenvalue weighted by Crippen LogP contribution is 2.37. The van der Waals surface area contributed by atoms with Crippen molar-refractivity contribution < 1.29 is 9.18 Å². The van der Waals surface area contributed by atoms with Crippen LogP contribution >= 0.6 is 0 Å². The lowest BCUT2D eigenvalue weighted by Gasteiger charge is -2.10. The number of benzene rings is 3. The Bertz CT molecular complexity index is 870. The Hall–Kier alpha value is -2.48. The molecule has 21 heavy (non-hydrogen) atoms. The van der Waals surface area contributed by atoms with Crippen molar-refractivity contribution in [3.8, 4) is 11.1 Å². The van der Waals surface area contributed by atoms with Crippen LogP contribution in [0.5, 0.6) is 0 Å². The first-order valence-electron chi connectivity index (χ1n) is 7.06. The molecule has 0 aliphatic heterocycles. The van der Waals surface area contributed by atoms with Crippen molar-refractivity contribution in [1.82, 2.24) is 0 Å². The lowest BCUT2D eigenvalue weighted by Crippen LogP contribution is -1.90. The van der Waals surface area contributed by atoms with E-state index < -0.39 is 5.82 Å². The van der Waals surface area contributed by atoms with Crippen LogP contribution in [0.1, 0.15) is 21.5 Å². The van der Waals surface area contributed by atoms with Crippen LogP contribution < -0.4 is 0 Å². The van der Waals surface area contributed by atoms with Crippen molar-refractivity contribution in [2.24, 2.45) is 0 Å². The molecular formula is C19H13FO. The number of aldehydes is 1. The van der Waals surface area contributed by atoms with Crippen LogP contribution in [0, 0.1) is 5.82 Å². The Labute approximate surface area is 122 Å². The molecule has 0 aromatic heterocycles. The van der Waals surface area contributed by atoms with Gasteiger partial charge in [0.2, 0.25) is 0 Å². The SMILES string of the molecule is O=Cc1cc(-c2ccc3c4c(cccc24)CC3)ccc1F. The minimum atomic E-state index is -0.473. The van der Waals surface area contributed by atoms with Crippen LogP contribution in [-0.2, 0) is 12.8 Å². The standard InChI is InChI=1S/C19H13FO/c20-18-9-7-14(10-15(18)11-21)16-8-6-13-5-4-12-2-1-3-17(16)19(12)13/h1-3,6-11H,4-5H2. The van der Waals surface area contributed by atoms with Crippen LogP contribution in [0.4, 0.5) is 4.39 Å². The molecule has 2 heteroatoms. The number of hydrogen-bond donors (Lipinski definition) is 0. The Morgan fingerprint density at radius 2 is 1.76 bits per heavy atom. The summed E-state index contributed by atoms with van der Waals surface area (Å²) >= 11 is 0. The van der Waals surface area contributed by atoms with E-state index in [1.807, 2.05) is 0 Å². The summed E-state index contributed by atoms with van der Waals surface area (Å²) in [6.07, 6.45) is 2.73. The number of hydrogen-bond acceptors (Lipinski definition) is 1. The molecule has 1 nitrogen and oxygen atoms in total.